The van der Waals surface area contributed by atoms with Gasteiger partial charge in [-0.15, -0.1) is 0 Å². The van der Waals surface area contributed by atoms with Crippen LogP contribution >= 0.6 is 11.6 Å². The number of halogens is 1. The molecular formula is C14H19ClN2O. The van der Waals surface area contributed by atoms with Crippen LogP contribution in [0.3, 0.4) is 0 Å². The fourth-order valence-electron chi connectivity index (χ4n) is 2.34. The van der Waals surface area contributed by atoms with Crippen molar-refractivity contribution in [2.75, 3.05) is 13.1 Å². The van der Waals surface area contributed by atoms with E-state index in [1.165, 1.54) is 0 Å². The quantitative estimate of drug-likeness (QED) is 0.730. The normalized spacial score (nSPS) is 19.4. The van der Waals surface area contributed by atoms with Crippen molar-refractivity contribution in [3.05, 3.63) is 29.0 Å². The van der Waals surface area contributed by atoms with E-state index in [0.29, 0.717) is 16.1 Å². The summed E-state index contributed by atoms with van der Waals surface area (Å²) in [5.41, 5.74) is 0.840. The maximum absolute atomic E-state index is 12.4. The summed E-state index contributed by atoms with van der Waals surface area (Å²) in [7, 11) is 0. The van der Waals surface area contributed by atoms with Gasteiger partial charge in [-0.3, -0.25) is 4.79 Å². The topological polar surface area (TPSA) is 33.2 Å². The van der Waals surface area contributed by atoms with Crippen molar-refractivity contribution in [3.63, 3.8) is 0 Å². The summed E-state index contributed by atoms with van der Waals surface area (Å²) in [5, 5.41) is 0.297. The first-order valence-electron chi connectivity index (χ1n) is 6.39. The van der Waals surface area contributed by atoms with E-state index in [4.69, 9.17) is 11.6 Å². The van der Waals surface area contributed by atoms with E-state index in [9.17, 15) is 4.79 Å². The zero-order chi connectivity index (χ0) is 13.2. The predicted molar refractivity (Wildman–Crippen MR) is 72.8 cm³/mol. The number of hydrogen-bond acceptors (Lipinski definition) is 2. The Labute approximate surface area is 113 Å². The largest absolute Gasteiger partial charge is 0.339 e. The first kappa shape index (κ1) is 13.3. The summed E-state index contributed by atoms with van der Waals surface area (Å²) in [6.45, 7) is 6.14. The van der Waals surface area contributed by atoms with Crippen LogP contribution < -0.4 is 0 Å². The average molecular weight is 267 g/mol. The maximum Gasteiger partial charge on any atom is 0.256 e. The van der Waals surface area contributed by atoms with E-state index < -0.39 is 0 Å². The predicted octanol–water partition coefficient (Wildman–Crippen LogP) is 3.39. The Bertz CT molecular complexity index is 445. The van der Waals surface area contributed by atoms with Crippen LogP contribution in [0, 0.1) is 5.41 Å². The minimum Gasteiger partial charge on any atom is -0.339 e. The van der Waals surface area contributed by atoms with Crippen molar-refractivity contribution in [1.29, 1.82) is 0 Å². The van der Waals surface area contributed by atoms with Crippen LogP contribution in [-0.2, 0) is 0 Å². The van der Waals surface area contributed by atoms with Crippen molar-refractivity contribution in [2.45, 2.75) is 33.1 Å². The first-order chi connectivity index (χ1) is 8.49. The van der Waals surface area contributed by atoms with Gasteiger partial charge in [-0.1, -0.05) is 25.4 Å². The lowest BCUT2D eigenvalue weighted by Crippen LogP contribution is -2.32. The van der Waals surface area contributed by atoms with Gasteiger partial charge < -0.3 is 4.90 Å². The Morgan fingerprint density at radius 3 is 2.89 bits per heavy atom. The van der Waals surface area contributed by atoms with Crippen LogP contribution in [0.15, 0.2) is 18.3 Å². The van der Waals surface area contributed by atoms with Gasteiger partial charge in [0.25, 0.3) is 5.91 Å². The molecule has 0 aromatic carbocycles. The van der Waals surface area contributed by atoms with Crippen molar-refractivity contribution < 1.29 is 4.79 Å². The van der Waals surface area contributed by atoms with E-state index >= 15 is 0 Å². The molecule has 2 heterocycles. The smallest absolute Gasteiger partial charge is 0.256 e. The molecule has 0 aliphatic carbocycles. The Kier molecular flexibility index (Phi) is 3.91. The number of likely N-dealkylation sites (tertiary alicyclic amines) is 1. The second-order valence-electron chi connectivity index (χ2n) is 5.65. The van der Waals surface area contributed by atoms with Gasteiger partial charge in [0.1, 0.15) is 5.15 Å². The van der Waals surface area contributed by atoms with Crippen LogP contribution in [-0.4, -0.2) is 28.9 Å². The number of rotatable bonds is 1. The van der Waals surface area contributed by atoms with Gasteiger partial charge in [0.15, 0.2) is 0 Å². The van der Waals surface area contributed by atoms with Gasteiger partial charge in [0.05, 0.1) is 5.56 Å². The molecule has 2 rings (SSSR count). The molecule has 1 saturated heterocycles. The summed E-state index contributed by atoms with van der Waals surface area (Å²) in [6.07, 6.45) is 4.86. The zero-order valence-electron chi connectivity index (χ0n) is 10.9. The van der Waals surface area contributed by atoms with Crippen molar-refractivity contribution in [1.82, 2.24) is 9.88 Å². The van der Waals surface area contributed by atoms with Gasteiger partial charge in [0.2, 0.25) is 0 Å². The lowest BCUT2D eigenvalue weighted by atomic mass is 9.85. The third kappa shape index (κ3) is 3.02. The summed E-state index contributed by atoms with van der Waals surface area (Å²) < 4.78 is 0. The molecule has 3 nitrogen and oxygen atoms in total. The molecule has 0 atom stereocenters. The SMILES string of the molecule is CC1(C)CCCN(C(=O)c2cccnc2Cl)CC1. The Balaban J connectivity index is 2.13. The highest BCUT2D eigenvalue weighted by atomic mass is 35.5. The van der Waals surface area contributed by atoms with Crippen LogP contribution in [0.5, 0.6) is 0 Å². The molecule has 4 heteroatoms. The van der Waals surface area contributed by atoms with Gasteiger partial charge in [-0.2, -0.15) is 0 Å². The van der Waals surface area contributed by atoms with E-state index in [1.807, 2.05) is 4.90 Å². The highest BCUT2D eigenvalue weighted by molar-refractivity contribution is 6.32. The van der Waals surface area contributed by atoms with E-state index in [-0.39, 0.29) is 5.91 Å². The molecule has 1 aromatic rings. The van der Waals surface area contributed by atoms with Gasteiger partial charge in [0, 0.05) is 19.3 Å². The second-order valence-corrected chi connectivity index (χ2v) is 6.01. The number of carbonyl (C=O) groups excluding carboxylic acids is 1. The van der Waals surface area contributed by atoms with Crippen molar-refractivity contribution in [3.8, 4) is 0 Å². The highest BCUT2D eigenvalue weighted by Crippen LogP contribution is 2.30. The molecule has 0 spiro atoms. The van der Waals surface area contributed by atoms with Crippen LogP contribution in [0.1, 0.15) is 43.5 Å². The van der Waals surface area contributed by atoms with Gasteiger partial charge in [-0.25, -0.2) is 4.98 Å². The minimum atomic E-state index is 0.00537. The number of pyridine rings is 1. The third-order valence-electron chi connectivity index (χ3n) is 3.62. The standard InChI is InChI=1S/C14H19ClN2O/c1-14(2)6-4-9-17(10-7-14)13(18)11-5-3-8-16-12(11)15/h3,5,8H,4,6-7,9-10H2,1-2H3. The van der Waals surface area contributed by atoms with E-state index in [1.54, 1.807) is 18.3 Å². The number of carbonyl (C=O) groups is 1. The molecular weight excluding hydrogens is 248 g/mol. The fourth-order valence-corrected chi connectivity index (χ4v) is 2.54. The molecule has 0 saturated carbocycles. The Morgan fingerprint density at radius 2 is 2.17 bits per heavy atom. The summed E-state index contributed by atoms with van der Waals surface area (Å²) in [6, 6.07) is 3.49. The number of amides is 1. The van der Waals surface area contributed by atoms with Crippen LogP contribution in [0.25, 0.3) is 0 Å². The molecule has 1 amide bonds. The Morgan fingerprint density at radius 1 is 1.39 bits per heavy atom. The van der Waals surface area contributed by atoms with Gasteiger partial charge >= 0.3 is 0 Å². The fraction of sp³-hybridized carbons (Fsp3) is 0.571. The third-order valence-corrected chi connectivity index (χ3v) is 3.92. The monoisotopic (exact) mass is 266 g/mol. The highest BCUT2D eigenvalue weighted by Gasteiger charge is 2.26. The average Bonchev–Trinajstić information content (AvgIpc) is 2.50. The molecule has 1 aliphatic heterocycles. The molecule has 1 aromatic heterocycles. The molecule has 0 radical (unpaired) electrons. The molecule has 0 N–H and O–H groups in total. The number of aromatic nitrogens is 1. The molecule has 1 aliphatic rings. The Hall–Kier alpha value is -1.09. The van der Waals surface area contributed by atoms with Crippen molar-refractivity contribution in [2.24, 2.45) is 5.41 Å². The first-order valence-corrected chi connectivity index (χ1v) is 6.77. The maximum atomic E-state index is 12.4. The molecule has 0 unspecified atom stereocenters. The van der Waals surface area contributed by atoms with Gasteiger partial charge in [-0.05, 0) is 36.8 Å². The zero-order valence-corrected chi connectivity index (χ0v) is 11.7. The molecule has 0 bridgehead atoms. The summed E-state index contributed by atoms with van der Waals surface area (Å²) in [5.74, 6) is 0.00537. The summed E-state index contributed by atoms with van der Waals surface area (Å²) in [4.78, 5) is 18.3. The van der Waals surface area contributed by atoms with Crippen LogP contribution in [0.2, 0.25) is 5.15 Å². The second kappa shape index (κ2) is 5.27. The number of nitrogens with zero attached hydrogens (tertiary/aromatic N) is 2. The summed E-state index contributed by atoms with van der Waals surface area (Å²) >= 11 is 5.98. The van der Waals surface area contributed by atoms with Crippen LogP contribution in [0.4, 0.5) is 0 Å². The van der Waals surface area contributed by atoms with E-state index in [2.05, 4.69) is 18.8 Å². The van der Waals surface area contributed by atoms with E-state index in [0.717, 1.165) is 32.4 Å². The lowest BCUT2D eigenvalue weighted by molar-refractivity contribution is 0.0757. The lowest BCUT2D eigenvalue weighted by Gasteiger charge is -2.23. The van der Waals surface area contributed by atoms with Crippen molar-refractivity contribution >= 4 is 17.5 Å². The number of hydrogen-bond donors (Lipinski definition) is 0. The molecule has 1 fully saturated rings. The minimum absolute atomic E-state index is 0.00537. The molecule has 98 valence electrons. The molecule has 18 heavy (non-hydrogen) atoms.